The highest BCUT2D eigenvalue weighted by molar-refractivity contribution is 5.57. The zero-order valence-electron chi connectivity index (χ0n) is 14.1. The van der Waals surface area contributed by atoms with Crippen molar-refractivity contribution in [3.05, 3.63) is 57.0 Å². The zero-order chi connectivity index (χ0) is 16.3. The molecule has 2 N–H and O–H groups in total. The van der Waals surface area contributed by atoms with E-state index in [2.05, 4.69) is 36.3 Å². The summed E-state index contributed by atoms with van der Waals surface area (Å²) < 4.78 is 0. The Morgan fingerprint density at radius 3 is 2.50 bits per heavy atom. The van der Waals surface area contributed by atoms with Crippen LogP contribution in [0.3, 0.4) is 0 Å². The number of aryl methyl sites for hydroxylation is 2. The number of aromatic amines is 1. The van der Waals surface area contributed by atoms with Crippen molar-refractivity contribution < 1.29 is 0 Å². The molecule has 1 aromatic heterocycles. The van der Waals surface area contributed by atoms with Crippen LogP contribution in [0.5, 0.6) is 0 Å². The molecule has 0 radical (unpaired) electrons. The minimum atomic E-state index is -0.0271. The standard InChI is InChI=1S/C18H25N3O/c1-6-15-13(3)20-18(22)17(21(4)5)16(15)11-19-14-9-7-8-12(2)10-14/h7-10,19H,6,11H2,1-5H3,(H,20,22). The first-order valence-electron chi connectivity index (χ1n) is 7.66. The highest BCUT2D eigenvalue weighted by Gasteiger charge is 2.16. The van der Waals surface area contributed by atoms with Crippen molar-refractivity contribution in [1.82, 2.24) is 4.98 Å². The van der Waals surface area contributed by atoms with Crippen molar-refractivity contribution in [2.45, 2.75) is 33.7 Å². The lowest BCUT2D eigenvalue weighted by Crippen LogP contribution is -2.26. The minimum absolute atomic E-state index is 0.0271. The Labute approximate surface area is 132 Å². The van der Waals surface area contributed by atoms with Crippen LogP contribution in [-0.4, -0.2) is 19.1 Å². The Morgan fingerprint density at radius 1 is 1.18 bits per heavy atom. The van der Waals surface area contributed by atoms with Gasteiger partial charge in [0.25, 0.3) is 5.56 Å². The quantitative estimate of drug-likeness (QED) is 0.891. The molecule has 0 aliphatic heterocycles. The van der Waals surface area contributed by atoms with Crippen LogP contribution in [0.4, 0.5) is 11.4 Å². The molecule has 0 aliphatic carbocycles. The Bertz CT molecular complexity index is 717. The van der Waals surface area contributed by atoms with Gasteiger partial charge in [-0.1, -0.05) is 19.1 Å². The van der Waals surface area contributed by atoms with Gasteiger partial charge in [-0.15, -0.1) is 0 Å². The summed E-state index contributed by atoms with van der Waals surface area (Å²) in [5.41, 5.74) is 6.25. The van der Waals surface area contributed by atoms with Crippen LogP contribution in [0, 0.1) is 13.8 Å². The molecule has 22 heavy (non-hydrogen) atoms. The number of hydrogen-bond acceptors (Lipinski definition) is 3. The van der Waals surface area contributed by atoms with Crippen molar-refractivity contribution in [3.63, 3.8) is 0 Å². The summed E-state index contributed by atoms with van der Waals surface area (Å²) in [5, 5.41) is 3.45. The molecule has 4 heteroatoms. The van der Waals surface area contributed by atoms with E-state index >= 15 is 0 Å². The van der Waals surface area contributed by atoms with E-state index in [1.54, 1.807) is 0 Å². The molecule has 0 amide bonds. The second kappa shape index (κ2) is 6.69. The molecule has 1 heterocycles. The minimum Gasteiger partial charge on any atom is -0.381 e. The fourth-order valence-corrected chi connectivity index (χ4v) is 2.90. The normalized spacial score (nSPS) is 10.6. The van der Waals surface area contributed by atoms with Crippen LogP contribution < -0.4 is 15.8 Å². The number of anilines is 2. The predicted molar refractivity (Wildman–Crippen MR) is 94.0 cm³/mol. The summed E-state index contributed by atoms with van der Waals surface area (Å²) in [6.07, 6.45) is 0.897. The average Bonchev–Trinajstić information content (AvgIpc) is 2.44. The highest BCUT2D eigenvalue weighted by Crippen LogP contribution is 2.22. The summed E-state index contributed by atoms with van der Waals surface area (Å²) in [6, 6.07) is 8.27. The molecule has 2 aromatic rings. The van der Waals surface area contributed by atoms with Gasteiger partial charge < -0.3 is 15.2 Å². The number of rotatable bonds is 5. The number of H-pyrrole nitrogens is 1. The number of nitrogens with zero attached hydrogens (tertiary/aromatic N) is 1. The molecule has 1 aromatic carbocycles. The topological polar surface area (TPSA) is 48.1 Å². The molecular formula is C18H25N3O. The largest absolute Gasteiger partial charge is 0.381 e. The Balaban J connectivity index is 2.42. The number of benzene rings is 1. The molecule has 0 saturated carbocycles. The van der Waals surface area contributed by atoms with E-state index in [0.717, 1.165) is 29.1 Å². The lowest BCUT2D eigenvalue weighted by Gasteiger charge is -2.21. The third kappa shape index (κ3) is 3.32. The molecular weight excluding hydrogens is 274 g/mol. The van der Waals surface area contributed by atoms with Crippen molar-refractivity contribution in [2.75, 3.05) is 24.3 Å². The van der Waals surface area contributed by atoms with E-state index in [4.69, 9.17) is 0 Å². The van der Waals surface area contributed by atoms with E-state index in [0.29, 0.717) is 6.54 Å². The predicted octanol–water partition coefficient (Wildman–Crippen LogP) is 3.23. The van der Waals surface area contributed by atoms with Crippen LogP contribution in [0.15, 0.2) is 29.1 Å². The summed E-state index contributed by atoms with van der Waals surface area (Å²) in [7, 11) is 3.82. The number of aromatic nitrogens is 1. The molecule has 0 aliphatic rings. The van der Waals surface area contributed by atoms with Crippen molar-refractivity contribution in [1.29, 1.82) is 0 Å². The van der Waals surface area contributed by atoms with Gasteiger partial charge in [0.15, 0.2) is 0 Å². The molecule has 2 rings (SSSR count). The number of pyridine rings is 1. The maximum absolute atomic E-state index is 12.3. The Hall–Kier alpha value is -2.23. The first-order valence-corrected chi connectivity index (χ1v) is 7.66. The molecule has 0 unspecified atom stereocenters. The van der Waals surface area contributed by atoms with Gasteiger partial charge in [-0.3, -0.25) is 4.79 Å². The fourth-order valence-electron chi connectivity index (χ4n) is 2.90. The summed E-state index contributed by atoms with van der Waals surface area (Å²) in [6.45, 7) is 6.81. The molecule has 0 fully saturated rings. The van der Waals surface area contributed by atoms with E-state index in [9.17, 15) is 4.79 Å². The number of nitrogens with one attached hydrogen (secondary N) is 2. The van der Waals surface area contributed by atoms with Crippen LogP contribution >= 0.6 is 0 Å². The van der Waals surface area contributed by atoms with E-state index in [-0.39, 0.29) is 5.56 Å². The SMILES string of the molecule is CCc1c(C)[nH]c(=O)c(N(C)C)c1CNc1cccc(C)c1. The first-order chi connectivity index (χ1) is 10.4. The highest BCUT2D eigenvalue weighted by atomic mass is 16.1. The van der Waals surface area contributed by atoms with Gasteiger partial charge in [0.2, 0.25) is 0 Å². The summed E-state index contributed by atoms with van der Waals surface area (Å²) in [5.74, 6) is 0. The smallest absolute Gasteiger partial charge is 0.272 e. The van der Waals surface area contributed by atoms with Gasteiger partial charge in [-0.05, 0) is 43.5 Å². The molecule has 4 nitrogen and oxygen atoms in total. The summed E-state index contributed by atoms with van der Waals surface area (Å²) >= 11 is 0. The lowest BCUT2D eigenvalue weighted by molar-refractivity contribution is 0.939. The summed E-state index contributed by atoms with van der Waals surface area (Å²) in [4.78, 5) is 17.2. The zero-order valence-corrected chi connectivity index (χ0v) is 14.1. The van der Waals surface area contributed by atoms with Crippen LogP contribution in [0.25, 0.3) is 0 Å². The van der Waals surface area contributed by atoms with Crippen molar-refractivity contribution in [2.24, 2.45) is 0 Å². The van der Waals surface area contributed by atoms with Gasteiger partial charge in [-0.2, -0.15) is 0 Å². The van der Waals surface area contributed by atoms with E-state index in [1.165, 1.54) is 11.1 Å². The third-order valence-electron chi connectivity index (χ3n) is 3.91. The third-order valence-corrected chi connectivity index (χ3v) is 3.91. The van der Waals surface area contributed by atoms with Gasteiger partial charge in [0.1, 0.15) is 5.69 Å². The van der Waals surface area contributed by atoms with Crippen LogP contribution in [-0.2, 0) is 13.0 Å². The first kappa shape index (κ1) is 16.1. The molecule has 0 bridgehead atoms. The molecule has 0 spiro atoms. The Kier molecular flexibility index (Phi) is 4.91. The van der Waals surface area contributed by atoms with Crippen LogP contribution in [0.1, 0.15) is 29.3 Å². The lowest BCUT2D eigenvalue weighted by atomic mass is 10.0. The van der Waals surface area contributed by atoms with Crippen LogP contribution in [0.2, 0.25) is 0 Å². The number of hydrogen-bond donors (Lipinski definition) is 2. The van der Waals surface area contributed by atoms with Crippen molar-refractivity contribution >= 4 is 11.4 Å². The molecule has 118 valence electrons. The maximum Gasteiger partial charge on any atom is 0.272 e. The van der Waals surface area contributed by atoms with Gasteiger partial charge in [-0.25, -0.2) is 0 Å². The van der Waals surface area contributed by atoms with Gasteiger partial charge in [0, 0.05) is 37.6 Å². The molecule has 0 atom stereocenters. The molecule has 0 saturated heterocycles. The van der Waals surface area contributed by atoms with E-state index < -0.39 is 0 Å². The monoisotopic (exact) mass is 299 g/mol. The maximum atomic E-state index is 12.3. The van der Waals surface area contributed by atoms with Gasteiger partial charge >= 0.3 is 0 Å². The van der Waals surface area contributed by atoms with E-state index in [1.807, 2.05) is 38.1 Å². The second-order valence-corrected chi connectivity index (χ2v) is 5.86. The average molecular weight is 299 g/mol. The fraction of sp³-hybridized carbons (Fsp3) is 0.389. The second-order valence-electron chi connectivity index (χ2n) is 5.86. The Morgan fingerprint density at radius 2 is 1.91 bits per heavy atom. The van der Waals surface area contributed by atoms with Gasteiger partial charge in [0.05, 0.1) is 0 Å². The van der Waals surface area contributed by atoms with Crippen molar-refractivity contribution in [3.8, 4) is 0 Å².